The fraction of sp³-hybridized carbons (Fsp3) is 0.500. The molecule has 0 amide bonds. The summed E-state index contributed by atoms with van der Waals surface area (Å²) in [5.41, 5.74) is 3.32. The van der Waals surface area contributed by atoms with E-state index < -0.39 is 7.32 Å². The summed E-state index contributed by atoms with van der Waals surface area (Å²) in [5, 5.41) is 17.8. The highest BCUT2D eigenvalue weighted by molar-refractivity contribution is 6.33. The number of rotatable bonds is 5. The van der Waals surface area contributed by atoms with Crippen molar-refractivity contribution in [1.29, 1.82) is 0 Å². The molecule has 1 aromatic rings. The third-order valence-electron chi connectivity index (χ3n) is 2.70. The quantitative estimate of drug-likeness (QED) is 0.745. The lowest BCUT2D eigenvalue weighted by Gasteiger charge is -2.16. The van der Waals surface area contributed by atoms with Gasteiger partial charge in [-0.05, 0) is 36.0 Å². The van der Waals surface area contributed by atoms with Gasteiger partial charge in [-0.25, -0.2) is 0 Å². The number of hydrogen-bond acceptors (Lipinski definition) is 3. The molecule has 1 rings (SSSR count). The average Bonchev–Trinajstić information content (AvgIpc) is 2.28. The smallest absolute Gasteiger partial charge is 0.512 e. The summed E-state index contributed by atoms with van der Waals surface area (Å²) in [6.45, 7) is 6.17. The van der Waals surface area contributed by atoms with Crippen LogP contribution in [-0.2, 0) is 19.3 Å². The van der Waals surface area contributed by atoms with Crippen LogP contribution in [0.3, 0.4) is 0 Å². The maximum absolute atomic E-state index is 8.91. The third kappa shape index (κ3) is 3.00. The van der Waals surface area contributed by atoms with Crippen molar-refractivity contribution in [3.8, 4) is 5.75 Å². The molecule has 2 N–H and O–H groups in total. The molecule has 0 fully saturated rings. The monoisotopic (exact) mass is 222 g/mol. The standard InChI is InChI=1S/C12H19BO3/c1-4-9-7-10(5-2)12(16-13(14)15)11(6-3)8-9/h7-8,14-15H,4-6H2,1-3H3. The zero-order valence-electron chi connectivity index (χ0n) is 10.2. The van der Waals surface area contributed by atoms with Crippen LogP contribution >= 0.6 is 0 Å². The molecular formula is C12H19BO3. The van der Waals surface area contributed by atoms with E-state index in [-0.39, 0.29) is 0 Å². The second-order valence-electron chi connectivity index (χ2n) is 3.75. The normalized spacial score (nSPS) is 10.3. The molecule has 88 valence electrons. The molecule has 0 saturated carbocycles. The zero-order valence-corrected chi connectivity index (χ0v) is 10.2. The first-order valence-corrected chi connectivity index (χ1v) is 5.79. The van der Waals surface area contributed by atoms with Gasteiger partial charge in [0, 0.05) is 0 Å². The Balaban J connectivity index is 3.20. The summed E-state index contributed by atoms with van der Waals surface area (Å²) in [6.07, 6.45) is 2.62. The molecule has 0 aliphatic carbocycles. The van der Waals surface area contributed by atoms with Crippen molar-refractivity contribution in [1.82, 2.24) is 0 Å². The van der Waals surface area contributed by atoms with E-state index in [1.165, 1.54) is 5.56 Å². The van der Waals surface area contributed by atoms with Crippen molar-refractivity contribution in [2.24, 2.45) is 0 Å². The van der Waals surface area contributed by atoms with E-state index in [4.69, 9.17) is 14.7 Å². The minimum atomic E-state index is -1.75. The molecule has 0 spiro atoms. The number of aryl methyl sites for hydroxylation is 3. The van der Waals surface area contributed by atoms with E-state index >= 15 is 0 Å². The Morgan fingerprint density at radius 1 is 1.00 bits per heavy atom. The Bertz CT molecular complexity index is 325. The van der Waals surface area contributed by atoms with Crippen molar-refractivity contribution in [2.75, 3.05) is 0 Å². The molecule has 1 aromatic carbocycles. The predicted molar refractivity (Wildman–Crippen MR) is 65.4 cm³/mol. The highest BCUT2D eigenvalue weighted by Crippen LogP contribution is 2.27. The summed E-state index contributed by atoms with van der Waals surface area (Å²) in [4.78, 5) is 0. The van der Waals surface area contributed by atoms with E-state index in [1.54, 1.807) is 0 Å². The molecule has 3 nitrogen and oxygen atoms in total. The third-order valence-corrected chi connectivity index (χ3v) is 2.70. The average molecular weight is 222 g/mol. The van der Waals surface area contributed by atoms with Gasteiger partial charge in [-0.15, -0.1) is 0 Å². The van der Waals surface area contributed by atoms with Crippen molar-refractivity contribution in [2.45, 2.75) is 40.0 Å². The molecule has 0 aliphatic rings. The van der Waals surface area contributed by atoms with Crippen molar-refractivity contribution >= 4 is 7.32 Å². The van der Waals surface area contributed by atoms with Gasteiger partial charge in [0.05, 0.1) is 0 Å². The van der Waals surface area contributed by atoms with Crippen LogP contribution < -0.4 is 4.65 Å². The lowest BCUT2D eigenvalue weighted by molar-refractivity contribution is 0.285. The van der Waals surface area contributed by atoms with Crippen LogP contribution in [0.1, 0.15) is 37.5 Å². The minimum absolute atomic E-state index is 0.622. The molecule has 0 aromatic heterocycles. The summed E-state index contributed by atoms with van der Waals surface area (Å²) in [7, 11) is -1.75. The SMILES string of the molecule is CCc1cc(CC)c(OB(O)O)c(CC)c1. The first kappa shape index (κ1) is 13.1. The van der Waals surface area contributed by atoms with Gasteiger partial charge in [0.15, 0.2) is 0 Å². The maximum atomic E-state index is 8.91. The van der Waals surface area contributed by atoms with Crippen LogP contribution in [0, 0.1) is 0 Å². The van der Waals surface area contributed by atoms with Gasteiger partial charge in [0.1, 0.15) is 5.75 Å². The Morgan fingerprint density at radius 2 is 1.50 bits per heavy atom. The molecule has 16 heavy (non-hydrogen) atoms. The lowest BCUT2D eigenvalue weighted by Crippen LogP contribution is -2.22. The van der Waals surface area contributed by atoms with Crippen molar-refractivity contribution in [3.63, 3.8) is 0 Å². The van der Waals surface area contributed by atoms with E-state index in [1.807, 2.05) is 13.8 Å². The maximum Gasteiger partial charge on any atom is 0.707 e. The minimum Gasteiger partial charge on any atom is -0.512 e. The highest BCUT2D eigenvalue weighted by atomic mass is 16.6. The summed E-state index contributed by atoms with van der Waals surface area (Å²) in [6, 6.07) is 4.13. The molecule has 0 aliphatic heterocycles. The highest BCUT2D eigenvalue weighted by Gasteiger charge is 2.17. The van der Waals surface area contributed by atoms with Crippen molar-refractivity contribution < 1.29 is 14.7 Å². The largest absolute Gasteiger partial charge is 0.707 e. The van der Waals surface area contributed by atoms with Crippen LogP contribution in [0.5, 0.6) is 5.75 Å². The van der Waals surface area contributed by atoms with Gasteiger partial charge in [-0.1, -0.05) is 32.9 Å². The number of hydrogen-bond donors (Lipinski definition) is 2. The van der Waals surface area contributed by atoms with Gasteiger partial charge in [-0.2, -0.15) is 0 Å². The Hall–Kier alpha value is -0.995. The lowest BCUT2D eigenvalue weighted by atomic mass is 9.98. The van der Waals surface area contributed by atoms with Gasteiger partial charge >= 0.3 is 7.32 Å². The van der Waals surface area contributed by atoms with Crippen LogP contribution in [0.2, 0.25) is 0 Å². The summed E-state index contributed by atoms with van der Waals surface area (Å²) >= 11 is 0. The first-order chi connectivity index (χ1) is 7.62. The van der Waals surface area contributed by atoms with Gasteiger partial charge in [0.25, 0.3) is 0 Å². The van der Waals surface area contributed by atoms with E-state index in [0.717, 1.165) is 30.4 Å². The van der Waals surface area contributed by atoms with E-state index in [9.17, 15) is 0 Å². The molecule has 0 unspecified atom stereocenters. The fourth-order valence-electron chi connectivity index (χ4n) is 1.81. The van der Waals surface area contributed by atoms with Gasteiger partial charge in [0.2, 0.25) is 0 Å². The van der Waals surface area contributed by atoms with E-state index in [2.05, 4.69) is 19.1 Å². The second kappa shape index (κ2) is 5.92. The molecule has 4 heteroatoms. The summed E-state index contributed by atoms with van der Waals surface area (Å²) < 4.78 is 5.07. The predicted octanol–water partition coefficient (Wildman–Crippen LogP) is 1.72. The fourth-order valence-corrected chi connectivity index (χ4v) is 1.81. The molecule has 0 radical (unpaired) electrons. The first-order valence-electron chi connectivity index (χ1n) is 5.79. The summed E-state index contributed by atoms with van der Waals surface area (Å²) in [5.74, 6) is 0.622. The van der Waals surface area contributed by atoms with Crippen LogP contribution in [0.15, 0.2) is 12.1 Å². The van der Waals surface area contributed by atoms with Crippen LogP contribution in [0.4, 0.5) is 0 Å². The van der Waals surface area contributed by atoms with Gasteiger partial charge < -0.3 is 14.7 Å². The molecule has 0 atom stereocenters. The Kier molecular flexibility index (Phi) is 4.84. The Morgan fingerprint density at radius 3 is 1.81 bits per heavy atom. The van der Waals surface area contributed by atoms with Crippen LogP contribution in [-0.4, -0.2) is 17.4 Å². The number of benzene rings is 1. The van der Waals surface area contributed by atoms with Gasteiger partial charge in [-0.3, -0.25) is 0 Å². The Labute approximate surface area is 97.3 Å². The molecule has 0 heterocycles. The van der Waals surface area contributed by atoms with Crippen LogP contribution in [0.25, 0.3) is 0 Å². The zero-order chi connectivity index (χ0) is 12.1. The molecule has 0 bridgehead atoms. The molecular weight excluding hydrogens is 203 g/mol. The molecule has 0 saturated heterocycles. The second-order valence-corrected chi connectivity index (χ2v) is 3.75. The van der Waals surface area contributed by atoms with E-state index in [0.29, 0.717) is 5.75 Å². The van der Waals surface area contributed by atoms with Crippen molar-refractivity contribution in [3.05, 3.63) is 28.8 Å². The topological polar surface area (TPSA) is 49.7 Å².